The Morgan fingerprint density at radius 2 is 1.45 bits per heavy atom. The van der Waals surface area contributed by atoms with Gasteiger partial charge in [0.15, 0.2) is 23.1 Å². The van der Waals surface area contributed by atoms with Gasteiger partial charge in [-0.15, -0.1) is 0 Å². The fourth-order valence-corrected chi connectivity index (χ4v) is 11.7. The molecule has 0 spiro atoms. The summed E-state index contributed by atoms with van der Waals surface area (Å²) in [5.74, 6) is -6.96. The third-order valence-electron chi connectivity index (χ3n) is 14.4. The molecule has 0 aromatic heterocycles. The average Bonchev–Trinajstić information content (AvgIpc) is 3.26. The number of nitrogens with one attached hydrogen (secondary N) is 1. The summed E-state index contributed by atoms with van der Waals surface area (Å²) >= 11 is 5.79. The van der Waals surface area contributed by atoms with E-state index in [1.165, 1.54) is 38.1 Å². The van der Waals surface area contributed by atoms with Gasteiger partial charge in [0, 0.05) is 55.7 Å². The fraction of sp³-hybridized carbons (Fsp3) is 0.438. The SMILES string of the molecule is CC(=O)O[C@H]1C(=O)C2(C)C(O)CC3OC[C@@]3(OC(C)=O)C2[C@]2(OC(=O)c3ccccc3)CC3(C)C1=C(C)[C@@H](OC(=O)[C@H](OC(=O)Cl)[C@@H](NC(=O)c1ccccc1)c1ccccc1)CC32O. The molecule has 5 aliphatic carbocycles. The van der Waals surface area contributed by atoms with Crippen LogP contribution in [0.5, 0.6) is 0 Å². The molecule has 65 heavy (non-hydrogen) atoms. The zero-order valence-corrected chi connectivity index (χ0v) is 36.9. The third kappa shape index (κ3) is 7.03. The smallest absolute Gasteiger partial charge is 0.404 e. The summed E-state index contributed by atoms with van der Waals surface area (Å²) in [6.45, 7) is 6.42. The number of hydrogen-bond donors (Lipinski definition) is 3. The Balaban J connectivity index is 1.30. The summed E-state index contributed by atoms with van der Waals surface area (Å²) in [5.41, 5.74) is -10.7. The van der Waals surface area contributed by atoms with Crippen LogP contribution in [0, 0.1) is 16.7 Å². The number of carbonyl (C=O) groups excluding carboxylic acids is 7. The van der Waals surface area contributed by atoms with Crippen LogP contribution in [-0.2, 0) is 47.6 Å². The molecule has 1 heterocycles. The van der Waals surface area contributed by atoms with Gasteiger partial charge in [0.05, 0.1) is 29.6 Å². The van der Waals surface area contributed by atoms with E-state index in [-0.39, 0.29) is 41.7 Å². The molecule has 9 rings (SSSR count). The molecule has 3 N–H and O–H groups in total. The predicted octanol–water partition coefficient (Wildman–Crippen LogP) is 4.87. The van der Waals surface area contributed by atoms with E-state index in [0.29, 0.717) is 5.56 Å². The van der Waals surface area contributed by atoms with Crippen LogP contribution < -0.4 is 5.32 Å². The van der Waals surface area contributed by atoms with E-state index in [2.05, 4.69) is 5.32 Å². The van der Waals surface area contributed by atoms with Gasteiger partial charge >= 0.3 is 29.3 Å². The molecule has 4 bridgehead atoms. The number of carbonyl (C=O) groups is 7. The molecule has 12 atom stereocenters. The lowest BCUT2D eigenvalue weighted by Gasteiger charge is -2.77. The summed E-state index contributed by atoms with van der Waals surface area (Å²) < 4.78 is 36.2. The van der Waals surface area contributed by atoms with E-state index in [9.17, 15) is 39.0 Å². The highest BCUT2D eigenvalue weighted by molar-refractivity contribution is 6.61. The number of benzene rings is 3. The van der Waals surface area contributed by atoms with Gasteiger partial charge in [0.2, 0.25) is 6.10 Å². The molecule has 4 saturated carbocycles. The largest absolute Gasteiger partial charge is 0.455 e. The van der Waals surface area contributed by atoms with Crippen molar-refractivity contribution in [3.8, 4) is 0 Å². The van der Waals surface area contributed by atoms with Gasteiger partial charge in [-0.1, -0.05) is 73.7 Å². The van der Waals surface area contributed by atoms with Gasteiger partial charge < -0.3 is 44.0 Å². The topological polar surface area (TPSA) is 227 Å². The van der Waals surface area contributed by atoms with Crippen LogP contribution in [0.2, 0.25) is 0 Å². The van der Waals surface area contributed by atoms with Crippen LogP contribution >= 0.6 is 11.6 Å². The number of Topliss-reactive ketones (excluding diaryl/α,β-unsaturated/α-hetero) is 1. The molecule has 0 radical (unpaired) electrons. The number of ether oxygens (including phenoxy) is 6. The monoisotopic (exact) mass is 913 g/mol. The van der Waals surface area contributed by atoms with E-state index in [1.807, 2.05) is 0 Å². The summed E-state index contributed by atoms with van der Waals surface area (Å²) in [7, 11) is 0. The number of ketones is 1. The second-order valence-corrected chi connectivity index (χ2v) is 18.2. The summed E-state index contributed by atoms with van der Waals surface area (Å²) in [6.07, 6.45) is -9.02. The van der Waals surface area contributed by atoms with Gasteiger partial charge in [0.25, 0.3) is 5.91 Å². The quantitative estimate of drug-likeness (QED) is 0.101. The Morgan fingerprint density at radius 1 is 0.846 bits per heavy atom. The fourth-order valence-electron chi connectivity index (χ4n) is 11.6. The van der Waals surface area contributed by atoms with Crippen LogP contribution in [0.25, 0.3) is 0 Å². The minimum absolute atomic E-state index is 0.0129. The van der Waals surface area contributed by atoms with E-state index >= 15 is 4.79 Å². The maximum atomic E-state index is 15.6. The van der Waals surface area contributed by atoms with E-state index < -0.39 is 118 Å². The maximum Gasteiger partial charge on any atom is 0.404 e. The molecule has 1 aliphatic heterocycles. The van der Waals surface area contributed by atoms with Gasteiger partial charge in [-0.05, 0) is 54.8 Å². The zero-order chi connectivity index (χ0) is 46.9. The summed E-state index contributed by atoms with van der Waals surface area (Å²) in [5, 5.41) is 28.7. The van der Waals surface area contributed by atoms with Gasteiger partial charge in [-0.25, -0.2) is 14.4 Å². The van der Waals surface area contributed by atoms with E-state index in [4.69, 9.17) is 40.0 Å². The Hall–Kier alpha value is -5.94. The van der Waals surface area contributed by atoms with Crippen molar-refractivity contribution in [1.82, 2.24) is 5.32 Å². The molecule has 1 saturated heterocycles. The Labute approximate surface area is 378 Å². The number of aliphatic hydroxyl groups excluding tert-OH is 1. The van der Waals surface area contributed by atoms with Gasteiger partial charge in [-0.3, -0.25) is 19.2 Å². The minimum atomic E-state index is -2.38. The van der Waals surface area contributed by atoms with Crippen molar-refractivity contribution < 1.29 is 72.2 Å². The molecule has 342 valence electrons. The van der Waals surface area contributed by atoms with Crippen molar-refractivity contribution in [3.05, 3.63) is 119 Å². The first-order valence-corrected chi connectivity index (χ1v) is 21.5. The first kappa shape index (κ1) is 45.6. The standard InChI is InChI=1S/C48H48ClNO15/c1-25-31(62-41(57)37(63-43(49)58)35(28-15-9-6-10-16-28)50-39(55)29-17-11-7-12-18-29)22-48(59)44(4)23-47(48,65-40(56)30-19-13-8-14-20-30)42-45(5,38(54)36(34(25)44)61-26(2)51)32(53)21-33-46(42,24-60-33)64-27(3)52/h6-20,31-33,35-37,42,53,59H,21-24H2,1-5H3,(H,50,55)/t31-,32?,33?,35-,36+,37+,42?,44?,45?,46-,47+,48?/m0/s1. The first-order valence-electron chi connectivity index (χ1n) is 21.1. The number of fused-ring (bicyclic) bond motifs is 2. The van der Waals surface area contributed by atoms with E-state index in [1.54, 1.807) is 73.7 Å². The van der Waals surface area contributed by atoms with Crippen LogP contribution in [-0.4, -0.2) is 105 Å². The summed E-state index contributed by atoms with van der Waals surface area (Å²) in [6, 6.07) is 22.6. The highest BCUT2D eigenvalue weighted by Crippen LogP contribution is 2.76. The number of esters is 4. The van der Waals surface area contributed by atoms with Crippen LogP contribution in [0.1, 0.15) is 86.2 Å². The molecule has 3 aromatic rings. The van der Waals surface area contributed by atoms with Crippen molar-refractivity contribution in [1.29, 1.82) is 0 Å². The van der Waals surface area contributed by atoms with Crippen LogP contribution in [0.3, 0.4) is 0 Å². The zero-order valence-electron chi connectivity index (χ0n) is 36.1. The Kier molecular flexibility index (Phi) is 11.6. The molecule has 1 amide bonds. The summed E-state index contributed by atoms with van der Waals surface area (Å²) in [4.78, 5) is 97.2. The molecule has 17 heteroatoms. The molecular formula is C48H48ClNO15. The Morgan fingerprint density at radius 3 is 2.00 bits per heavy atom. The van der Waals surface area contributed by atoms with Crippen LogP contribution in [0.15, 0.2) is 102 Å². The van der Waals surface area contributed by atoms with Crippen molar-refractivity contribution in [2.45, 2.75) is 107 Å². The van der Waals surface area contributed by atoms with Crippen molar-refractivity contribution in [3.63, 3.8) is 0 Å². The Bertz CT molecular complexity index is 2480. The third-order valence-corrected chi connectivity index (χ3v) is 14.5. The minimum Gasteiger partial charge on any atom is -0.455 e. The number of aliphatic hydroxyl groups is 2. The first-order chi connectivity index (χ1) is 30.7. The maximum absolute atomic E-state index is 15.6. The van der Waals surface area contributed by atoms with Gasteiger partial charge in [0.1, 0.15) is 23.9 Å². The molecule has 3 aromatic carbocycles. The lowest BCUT2D eigenvalue weighted by Crippen LogP contribution is -2.91. The molecule has 6 aliphatic rings. The second kappa shape index (κ2) is 16.5. The van der Waals surface area contributed by atoms with Crippen molar-refractivity contribution in [2.24, 2.45) is 16.7 Å². The normalized spacial score (nSPS) is 33.9. The lowest BCUT2D eigenvalue weighted by molar-refractivity contribution is -0.403. The molecular weight excluding hydrogens is 866 g/mol. The van der Waals surface area contributed by atoms with Crippen molar-refractivity contribution >= 4 is 52.6 Å². The highest BCUT2D eigenvalue weighted by Gasteiger charge is 2.89. The number of rotatable bonds is 11. The lowest BCUT2D eigenvalue weighted by atomic mass is 9.31. The number of hydrogen-bond acceptors (Lipinski definition) is 15. The average molecular weight is 914 g/mol. The van der Waals surface area contributed by atoms with Crippen molar-refractivity contribution in [2.75, 3.05) is 6.61 Å². The molecule has 6 unspecified atom stereocenters. The highest BCUT2D eigenvalue weighted by atomic mass is 35.5. The van der Waals surface area contributed by atoms with E-state index in [0.717, 1.165) is 13.8 Å². The van der Waals surface area contributed by atoms with Gasteiger partial charge in [-0.2, -0.15) is 0 Å². The number of amides is 1. The second-order valence-electron chi connectivity index (χ2n) is 17.9. The molecule has 16 nitrogen and oxygen atoms in total. The predicted molar refractivity (Wildman–Crippen MR) is 226 cm³/mol. The van der Waals surface area contributed by atoms with Crippen LogP contribution in [0.4, 0.5) is 4.79 Å². The number of halogens is 1. The molecule has 5 fully saturated rings.